The van der Waals surface area contributed by atoms with E-state index >= 15 is 0 Å². The van der Waals surface area contributed by atoms with Crippen molar-refractivity contribution in [1.29, 1.82) is 0 Å². The Labute approximate surface area is 152 Å². The highest BCUT2D eigenvalue weighted by atomic mass is 19.1. The fraction of sp³-hybridized carbons (Fsp3) is 0.500. The number of hydrogen-bond donors (Lipinski definition) is 2. The summed E-state index contributed by atoms with van der Waals surface area (Å²) in [6, 6.07) is 4.57. The van der Waals surface area contributed by atoms with Gasteiger partial charge in [0.2, 0.25) is 11.8 Å². The third-order valence-corrected chi connectivity index (χ3v) is 5.02. The summed E-state index contributed by atoms with van der Waals surface area (Å²) < 4.78 is 13.5. The lowest BCUT2D eigenvalue weighted by atomic mass is 10.1. The third kappa shape index (κ3) is 4.42. The number of fused-ring (bicyclic) bond motifs is 1. The molecular weight excluding hydrogens is 333 g/mol. The normalized spacial score (nSPS) is 15.3. The zero-order valence-electron chi connectivity index (χ0n) is 15.2. The van der Waals surface area contributed by atoms with Crippen LogP contribution in [0, 0.1) is 12.7 Å². The highest BCUT2D eigenvalue weighted by Gasteiger charge is 2.16. The summed E-state index contributed by atoms with van der Waals surface area (Å²) in [6.45, 7) is 3.95. The van der Waals surface area contributed by atoms with E-state index in [0.29, 0.717) is 19.5 Å². The first-order chi connectivity index (χ1) is 12.5. The van der Waals surface area contributed by atoms with Crippen molar-refractivity contribution in [2.45, 2.75) is 45.4 Å². The van der Waals surface area contributed by atoms with Crippen molar-refractivity contribution in [2.75, 3.05) is 19.6 Å². The van der Waals surface area contributed by atoms with Gasteiger partial charge >= 0.3 is 0 Å². The van der Waals surface area contributed by atoms with Crippen molar-refractivity contribution in [3.8, 4) is 0 Å². The molecule has 1 aromatic carbocycles. The minimum absolute atomic E-state index is 0.0829. The van der Waals surface area contributed by atoms with Crippen LogP contribution >= 0.6 is 0 Å². The molecule has 2 N–H and O–H groups in total. The monoisotopic (exact) mass is 359 g/mol. The Kier molecular flexibility index (Phi) is 5.91. The molecule has 0 spiro atoms. The van der Waals surface area contributed by atoms with E-state index in [1.54, 1.807) is 6.07 Å². The predicted molar refractivity (Wildman–Crippen MR) is 99.4 cm³/mol. The number of H-pyrrole nitrogens is 1. The second kappa shape index (κ2) is 8.34. The SMILES string of the molecule is Cc1[nH]c2ccc(F)cc2c1CC(=O)NCCCN1CCCCCC1=O. The quantitative estimate of drug-likeness (QED) is 0.779. The Morgan fingerprint density at radius 1 is 1.31 bits per heavy atom. The van der Waals surface area contributed by atoms with Crippen molar-refractivity contribution < 1.29 is 14.0 Å². The van der Waals surface area contributed by atoms with E-state index in [1.165, 1.54) is 12.1 Å². The summed E-state index contributed by atoms with van der Waals surface area (Å²) in [5, 5.41) is 3.67. The number of carbonyl (C=O) groups is 2. The first-order valence-corrected chi connectivity index (χ1v) is 9.36. The number of aromatic amines is 1. The molecule has 5 nitrogen and oxygen atoms in total. The van der Waals surface area contributed by atoms with Crippen LogP contribution in [0.3, 0.4) is 0 Å². The smallest absolute Gasteiger partial charge is 0.224 e. The van der Waals surface area contributed by atoms with E-state index in [0.717, 1.165) is 54.4 Å². The Morgan fingerprint density at radius 2 is 2.15 bits per heavy atom. The largest absolute Gasteiger partial charge is 0.358 e. The van der Waals surface area contributed by atoms with E-state index in [4.69, 9.17) is 0 Å². The third-order valence-electron chi connectivity index (χ3n) is 5.02. The number of aromatic nitrogens is 1. The van der Waals surface area contributed by atoms with Gasteiger partial charge < -0.3 is 15.2 Å². The Hall–Kier alpha value is -2.37. The first kappa shape index (κ1) is 18.4. The van der Waals surface area contributed by atoms with Crippen LogP contribution in [-0.4, -0.2) is 41.3 Å². The Bertz CT molecular complexity index is 800. The number of hydrogen-bond acceptors (Lipinski definition) is 2. The zero-order valence-corrected chi connectivity index (χ0v) is 15.2. The highest BCUT2D eigenvalue weighted by molar-refractivity contribution is 5.90. The first-order valence-electron chi connectivity index (χ1n) is 9.36. The highest BCUT2D eigenvalue weighted by Crippen LogP contribution is 2.23. The number of likely N-dealkylation sites (tertiary alicyclic amines) is 1. The molecule has 3 rings (SSSR count). The average Bonchev–Trinajstić information content (AvgIpc) is 2.77. The number of nitrogens with one attached hydrogen (secondary N) is 2. The van der Waals surface area contributed by atoms with E-state index in [2.05, 4.69) is 10.3 Å². The number of carbonyl (C=O) groups excluding carboxylic acids is 2. The molecule has 0 radical (unpaired) electrons. The summed E-state index contributed by atoms with van der Waals surface area (Å²) in [7, 11) is 0. The summed E-state index contributed by atoms with van der Waals surface area (Å²) in [6.07, 6.45) is 4.77. The summed E-state index contributed by atoms with van der Waals surface area (Å²) in [5.74, 6) is -0.161. The van der Waals surface area contributed by atoms with Gasteiger partial charge in [0, 0.05) is 42.7 Å². The topological polar surface area (TPSA) is 65.2 Å². The lowest BCUT2D eigenvalue weighted by molar-refractivity contribution is -0.130. The molecule has 2 heterocycles. The van der Waals surface area contributed by atoms with Gasteiger partial charge in [0.15, 0.2) is 0 Å². The molecule has 1 aliphatic rings. The van der Waals surface area contributed by atoms with Crippen molar-refractivity contribution in [1.82, 2.24) is 15.2 Å². The molecule has 26 heavy (non-hydrogen) atoms. The number of aryl methyl sites for hydroxylation is 1. The fourth-order valence-electron chi connectivity index (χ4n) is 3.58. The van der Waals surface area contributed by atoms with Gasteiger partial charge in [-0.1, -0.05) is 6.42 Å². The maximum atomic E-state index is 13.5. The van der Waals surface area contributed by atoms with Gasteiger partial charge in [0.05, 0.1) is 6.42 Å². The van der Waals surface area contributed by atoms with Gasteiger partial charge in [0.1, 0.15) is 5.82 Å². The molecule has 0 bridgehead atoms. The molecule has 1 aliphatic heterocycles. The number of rotatable bonds is 6. The minimum atomic E-state index is -0.305. The van der Waals surface area contributed by atoms with Gasteiger partial charge in [-0.05, 0) is 49.9 Å². The van der Waals surface area contributed by atoms with Crippen molar-refractivity contribution in [2.24, 2.45) is 0 Å². The molecule has 0 saturated carbocycles. The molecule has 0 atom stereocenters. The fourth-order valence-corrected chi connectivity index (χ4v) is 3.58. The van der Waals surface area contributed by atoms with Gasteiger partial charge in [-0.15, -0.1) is 0 Å². The molecule has 1 aromatic heterocycles. The standard InChI is InChI=1S/C20H26FN3O2/c1-14-16(17-12-15(21)7-8-18(17)23-14)13-19(25)22-9-5-11-24-10-4-2-3-6-20(24)26/h7-8,12,23H,2-6,9-11,13H2,1H3,(H,22,25). The summed E-state index contributed by atoms with van der Waals surface area (Å²) in [5.41, 5.74) is 2.56. The van der Waals surface area contributed by atoms with Crippen molar-refractivity contribution in [3.05, 3.63) is 35.3 Å². The van der Waals surface area contributed by atoms with Crippen LogP contribution in [0.1, 0.15) is 43.4 Å². The van der Waals surface area contributed by atoms with Gasteiger partial charge in [-0.25, -0.2) is 4.39 Å². The molecule has 6 heteroatoms. The molecule has 1 fully saturated rings. The molecule has 2 amide bonds. The van der Waals surface area contributed by atoms with E-state index in [-0.39, 0.29) is 24.1 Å². The maximum absolute atomic E-state index is 13.5. The van der Waals surface area contributed by atoms with E-state index in [9.17, 15) is 14.0 Å². The molecule has 0 aliphatic carbocycles. The molecule has 2 aromatic rings. The Balaban J connectivity index is 1.49. The van der Waals surface area contributed by atoms with Crippen molar-refractivity contribution >= 4 is 22.7 Å². The number of amides is 2. The summed E-state index contributed by atoms with van der Waals surface area (Å²) in [4.78, 5) is 29.3. The number of halogens is 1. The van der Waals surface area contributed by atoms with Gasteiger partial charge in [-0.2, -0.15) is 0 Å². The minimum Gasteiger partial charge on any atom is -0.358 e. The number of nitrogens with zero attached hydrogens (tertiary/aromatic N) is 1. The second-order valence-corrected chi connectivity index (χ2v) is 6.99. The van der Waals surface area contributed by atoms with E-state index in [1.807, 2.05) is 11.8 Å². The Morgan fingerprint density at radius 3 is 3.00 bits per heavy atom. The van der Waals surface area contributed by atoms with Crippen LogP contribution in [0.2, 0.25) is 0 Å². The maximum Gasteiger partial charge on any atom is 0.224 e. The second-order valence-electron chi connectivity index (χ2n) is 6.99. The van der Waals surface area contributed by atoms with Crippen LogP contribution in [0.25, 0.3) is 10.9 Å². The average molecular weight is 359 g/mol. The molecule has 1 saturated heterocycles. The van der Waals surface area contributed by atoms with Crippen molar-refractivity contribution in [3.63, 3.8) is 0 Å². The summed E-state index contributed by atoms with van der Waals surface area (Å²) >= 11 is 0. The van der Waals surface area contributed by atoms with E-state index < -0.39 is 0 Å². The van der Waals surface area contributed by atoms with Crippen LogP contribution < -0.4 is 5.32 Å². The van der Waals surface area contributed by atoms with Gasteiger partial charge in [0.25, 0.3) is 0 Å². The molecule has 0 unspecified atom stereocenters. The van der Waals surface area contributed by atoms with Crippen LogP contribution in [-0.2, 0) is 16.0 Å². The van der Waals surface area contributed by atoms with Crippen LogP contribution in [0.15, 0.2) is 18.2 Å². The lowest BCUT2D eigenvalue weighted by Crippen LogP contribution is -2.34. The number of benzene rings is 1. The van der Waals surface area contributed by atoms with Crippen LogP contribution in [0.5, 0.6) is 0 Å². The predicted octanol–water partition coefficient (Wildman–Crippen LogP) is 3.07. The molecule has 140 valence electrons. The lowest BCUT2D eigenvalue weighted by Gasteiger charge is -2.20. The molecular formula is C20H26FN3O2. The zero-order chi connectivity index (χ0) is 18.5. The van der Waals surface area contributed by atoms with Gasteiger partial charge in [-0.3, -0.25) is 9.59 Å². The van der Waals surface area contributed by atoms with Crippen LogP contribution in [0.4, 0.5) is 4.39 Å².